The number of ether oxygens (including phenoxy) is 1. The number of benzene rings is 1. The molecule has 2 atom stereocenters. The summed E-state index contributed by atoms with van der Waals surface area (Å²) in [6, 6.07) is 11.8. The van der Waals surface area contributed by atoms with Crippen LogP contribution in [0.1, 0.15) is 0 Å². The van der Waals surface area contributed by atoms with Crippen LogP contribution in [0.2, 0.25) is 0 Å². The Morgan fingerprint density at radius 3 is 2.56 bits per heavy atom. The van der Waals surface area contributed by atoms with Crippen LogP contribution in [0.3, 0.4) is 0 Å². The van der Waals surface area contributed by atoms with Crippen LogP contribution in [0.4, 0.5) is 4.39 Å². The van der Waals surface area contributed by atoms with Gasteiger partial charge in [0.05, 0.1) is 18.3 Å². The SMILES string of the molecule is [18F]CCn1cc(-c2ccncc2)c(-c2ccc(OCC3=NC4C=CC=CC4C=C3)cc2)n1. The smallest absolute Gasteiger partial charge is 0.130 e. The van der Waals surface area contributed by atoms with Crippen LogP contribution in [0, 0.1) is 5.92 Å². The van der Waals surface area contributed by atoms with Gasteiger partial charge in [-0.15, -0.1) is 0 Å². The number of nitrogens with zero attached hydrogens (tertiary/aromatic N) is 4. The monoisotopic (exact) mass is 425 g/mol. The molecule has 160 valence electrons. The normalized spacial score (nSPS) is 19.0. The summed E-state index contributed by atoms with van der Waals surface area (Å²) in [6.07, 6.45) is 18.0. The number of halogens is 1. The summed E-state index contributed by atoms with van der Waals surface area (Å²) in [6.45, 7) is 0.182. The zero-order chi connectivity index (χ0) is 21.8. The van der Waals surface area contributed by atoms with E-state index in [1.54, 1.807) is 17.1 Å². The molecule has 1 aliphatic carbocycles. The summed E-state index contributed by atoms with van der Waals surface area (Å²) in [4.78, 5) is 8.85. The number of hydrogen-bond acceptors (Lipinski definition) is 4. The van der Waals surface area contributed by atoms with Gasteiger partial charge in [-0.05, 0) is 48.0 Å². The zero-order valence-electron chi connectivity index (χ0n) is 17.5. The lowest BCUT2D eigenvalue weighted by Gasteiger charge is -2.22. The number of rotatable bonds is 7. The number of dihydropyridines is 1. The van der Waals surface area contributed by atoms with Crippen molar-refractivity contribution in [1.29, 1.82) is 0 Å². The lowest BCUT2D eigenvalue weighted by molar-refractivity contribution is 0.376. The van der Waals surface area contributed by atoms with Crippen LogP contribution in [0.5, 0.6) is 5.75 Å². The van der Waals surface area contributed by atoms with Gasteiger partial charge in [0.25, 0.3) is 0 Å². The first kappa shape index (κ1) is 20.1. The van der Waals surface area contributed by atoms with E-state index in [-0.39, 0.29) is 12.6 Å². The van der Waals surface area contributed by atoms with Crippen LogP contribution in [0.15, 0.2) is 96.4 Å². The zero-order valence-corrected chi connectivity index (χ0v) is 17.5. The van der Waals surface area contributed by atoms with E-state index in [2.05, 4.69) is 34.4 Å². The Balaban J connectivity index is 1.32. The van der Waals surface area contributed by atoms with E-state index in [0.29, 0.717) is 12.5 Å². The average Bonchev–Trinajstić information content (AvgIpc) is 3.28. The number of aryl methyl sites for hydroxylation is 1. The summed E-state index contributed by atoms with van der Waals surface area (Å²) in [5.74, 6) is 1.11. The van der Waals surface area contributed by atoms with Gasteiger partial charge in [0.15, 0.2) is 0 Å². The number of fused-ring (bicyclic) bond motifs is 1. The van der Waals surface area contributed by atoms with Crippen molar-refractivity contribution in [1.82, 2.24) is 14.8 Å². The molecule has 0 bridgehead atoms. The van der Waals surface area contributed by atoms with E-state index in [9.17, 15) is 4.39 Å². The minimum Gasteiger partial charge on any atom is -0.487 e. The summed E-state index contributed by atoms with van der Waals surface area (Å²) in [5.41, 5.74) is 4.62. The standard InChI is InChI=1S/C26H23FN4O/c27-13-16-31-17-24(19-11-14-28-15-12-19)26(30-31)21-6-9-23(10-7-21)32-18-22-8-5-20-3-1-2-4-25(20)29-22/h1-12,14-15,17,20,25H,13,16,18H2/i27-1. The van der Waals surface area contributed by atoms with Crippen LogP contribution in [0.25, 0.3) is 22.4 Å². The minimum absolute atomic E-state index is 0.164. The lowest BCUT2D eigenvalue weighted by Crippen LogP contribution is -2.23. The summed E-state index contributed by atoms with van der Waals surface area (Å²) >= 11 is 0. The third kappa shape index (κ3) is 4.30. The van der Waals surface area contributed by atoms with Gasteiger partial charge in [0, 0.05) is 35.6 Å². The quantitative estimate of drug-likeness (QED) is 0.530. The Morgan fingerprint density at radius 2 is 1.75 bits per heavy atom. The molecule has 0 amide bonds. The van der Waals surface area contributed by atoms with Gasteiger partial charge >= 0.3 is 0 Å². The number of aromatic nitrogens is 3. The number of alkyl halides is 1. The van der Waals surface area contributed by atoms with Crippen molar-refractivity contribution in [2.75, 3.05) is 13.3 Å². The first-order valence-corrected chi connectivity index (χ1v) is 10.7. The maximum Gasteiger partial charge on any atom is 0.130 e. The molecule has 5 nitrogen and oxygen atoms in total. The molecule has 3 heterocycles. The molecule has 0 fully saturated rings. The fraction of sp³-hybridized carbons (Fsp3) is 0.192. The van der Waals surface area contributed by atoms with Crippen molar-refractivity contribution >= 4 is 5.71 Å². The third-order valence-corrected chi connectivity index (χ3v) is 5.55. The molecular formula is C26H23FN4O. The highest BCUT2D eigenvalue weighted by atomic mass is 18.2. The number of aliphatic imine (C=N–C) groups is 1. The predicted octanol–water partition coefficient (Wildman–Crippen LogP) is 5.08. The van der Waals surface area contributed by atoms with Gasteiger partial charge < -0.3 is 4.74 Å². The van der Waals surface area contributed by atoms with E-state index < -0.39 is 6.67 Å². The van der Waals surface area contributed by atoms with Crippen molar-refractivity contribution < 1.29 is 9.13 Å². The second-order valence-electron chi connectivity index (χ2n) is 7.71. The summed E-state index contributed by atoms with van der Waals surface area (Å²) in [7, 11) is 0. The maximum atomic E-state index is 12.9. The molecule has 6 heteroatoms. The van der Waals surface area contributed by atoms with Crippen LogP contribution in [-0.2, 0) is 6.54 Å². The van der Waals surface area contributed by atoms with Crippen LogP contribution >= 0.6 is 0 Å². The molecule has 0 radical (unpaired) electrons. The van der Waals surface area contributed by atoms with Gasteiger partial charge in [-0.1, -0.05) is 30.4 Å². The molecule has 0 saturated heterocycles. The highest BCUT2D eigenvalue weighted by Gasteiger charge is 2.19. The summed E-state index contributed by atoms with van der Waals surface area (Å²) in [5, 5.41) is 4.61. The van der Waals surface area contributed by atoms with Gasteiger partial charge in [0.1, 0.15) is 24.7 Å². The van der Waals surface area contributed by atoms with Crippen molar-refractivity contribution in [2.45, 2.75) is 12.6 Å². The topological polar surface area (TPSA) is 52.3 Å². The molecule has 0 spiro atoms. The Bertz CT molecular complexity index is 1190. The van der Waals surface area contributed by atoms with E-state index in [1.165, 1.54) is 0 Å². The molecule has 2 aliphatic rings. The number of hydrogen-bond donors (Lipinski definition) is 0. The summed E-state index contributed by atoms with van der Waals surface area (Å²) < 4.78 is 20.5. The maximum absolute atomic E-state index is 12.9. The lowest BCUT2D eigenvalue weighted by atomic mass is 9.92. The molecule has 1 aliphatic heterocycles. The highest BCUT2D eigenvalue weighted by molar-refractivity contribution is 5.97. The van der Waals surface area contributed by atoms with Gasteiger partial charge in [-0.3, -0.25) is 14.7 Å². The Kier molecular flexibility index (Phi) is 5.75. The van der Waals surface area contributed by atoms with Gasteiger partial charge in [-0.25, -0.2) is 4.39 Å². The fourth-order valence-electron chi connectivity index (χ4n) is 3.91. The molecule has 32 heavy (non-hydrogen) atoms. The second kappa shape index (κ2) is 9.14. The molecule has 1 aromatic carbocycles. The van der Waals surface area contributed by atoms with E-state index in [1.807, 2.05) is 54.7 Å². The molecule has 5 rings (SSSR count). The first-order chi connectivity index (χ1) is 15.8. The van der Waals surface area contributed by atoms with Crippen molar-refractivity contribution in [3.63, 3.8) is 0 Å². The molecular weight excluding hydrogens is 402 g/mol. The van der Waals surface area contributed by atoms with E-state index >= 15 is 0 Å². The molecule has 0 saturated carbocycles. The number of allylic oxidation sites excluding steroid dienone is 2. The molecule has 0 N–H and O–H groups in total. The van der Waals surface area contributed by atoms with Crippen molar-refractivity contribution in [3.05, 3.63) is 91.4 Å². The Morgan fingerprint density at radius 1 is 0.938 bits per heavy atom. The molecule has 2 unspecified atom stereocenters. The van der Waals surface area contributed by atoms with E-state index in [4.69, 9.17) is 9.73 Å². The first-order valence-electron chi connectivity index (χ1n) is 10.7. The predicted molar refractivity (Wildman–Crippen MR) is 124 cm³/mol. The Hall–Kier alpha value is -3.80. The van der Waals surface area contributed by atoms with Gasteiger partial charge in [0.2, 0.25) is 0 Å². The van der Waals surface area contributed by atoms with Crippen molar-refractivity contribution in [2.24, 2.45) is 10.9 Å². The van der Waals surface area contributed by atoms with Gasteiger partial charge in [-0.2, -0.15) is 5.10 Å². The minimum atomic E-state index is -0.463. The average molecular weight is 425 g/mol. The Labute approximate surface area is 186 Å². The molecule has 3 aromatic rings. The van der Waals surface area contributed by atoms with Crippen LogP contribution < -0.4 is 4.74 Å². The number of pyridine rings is 1. The van der Waals surface area contributed by atoms with E-state index in [0.717, 1.165) is 33.8 Å². The fourth-order valence-corrected chi connectivity index (χ4v) is 3.91. The largest absolute Gasteiger partial charge is 0.487 e. The third-order valence-electron chi connectivity index (χ3n) is 5.55. The highest BCUT2D eigenvalue weighted by Crippen LogP contribution is 2.32. The molecule has 2 aromatic heterocycles. The van der Waals surface area contributed by atoms with Crippen molar-refractivity contribution in [3.8, 4) is 28.1 Å². The second-order valence-corrected chi connectivity index (χ2v) is 7.71. The van der Waals surface area contributed by atoms with Crippen LogP contribution in [-0.4, -0.2) is 39.8 Å².